The fourth-order valence-electron chi connectivity index (χ4n) is 4.25. The summed E-state index contributed by atoms with van der Waals surface area (Å²) in [6, 6.07) is 4.50. The van der Waals surface area contributed by atoms with Crippen molar-refractivity contribution in [3.63, 3.8) is 0 Å². The average Bonchev–Trinajstić information content (AvgIpc) is 3.43. The second-order valence-electron chi connectivity index (χ2n) is 8.10. The number of halogens is 3. The van der Waals surface area contributed by atoms with Crippen LogP contribution < -0.4 is 14.4 Å². The lowest BCUT2D eigenvalue weighted by molar-refractivity contribution is -0.275. The van der Waals surface area contributed by atoms with Crippen molar-refractivity contribution in [2.24, 2.45) is 0 Å². The summed E-state index contributed by atoms with van der Waals surface area (Å²) in [5.41, 5.74) is 0.00234. The maximum atomic E-state index is 12.7. The molecule has 35 heavy (non-hydrogen) atoms. The number of benzene rings is 1. The van der Waals surface area contributed by atoms with Gasteiger partial charge in [-0.25, -0.2) is 4.98 Å². The topological polar surface area (TPSA) is 147 Å². The van der Waals surface area contributed by atoms with Crippen LogP contribution in [0.1, 0.15) is 24.8 Å². The predicted molar refractivity (Wildman–Crippen MR) is 116 cm³/mol. The monoisotopic (exact) mass is 514 g/mol. The molecule has 4 heterocycles. The summed E-state index contributed by atoms with van der Waals surface area (Å²) < 4.78 is 48.6. The predicted octanol–water partition coefficient (Wildman–Crippen LogP) is 2.32. The number of hydrogen-bond acceptors (Lipinski definition) is 9. The normalized spacial score (nSPS) is 16.8. The van der Waals surface area contributed by atoms with Crippen molar-refractivity contribution in [2.75, 3.05) is 18.0 Å². The summed E-state index contributed by atoms with van der Waals surface area (Å²) in [6.45, 7) is 0.958. The molecule has 0 radical (unpaired) electrons. The van der Waals surface area contributed by atoms with Crippen LogP contribution >= 0.6 is 11.3 Å². The molecule has 1 fully saturated rings. The van der Waals surface area contributed by atoms with Gasteiger partial charge < -0.3 is 25.0 Å². The van der Waals surface area contributed by atoms with Crippen LogP contribution in [0.15, 0.2) is 24.4 Å². The molecule has 2 aromatic heterocycles. The van der Waals surface area contributed by atoms with E-state index in [2.05, 4.69) is 30.0 Å². The molecule has 0 unspecified atom stereocenters. The Morgan fingerprint density at radius 1 is 1.26 bits per heavy atom. The van der Waals surface area contributed by atoms with Crippen molar-refractivity contribution < 1.29 is 38.0 Å². The summed E-state index contributed by atoms with van der Waals surface area (Å²) in [5, 5.41) is 21.3. The van der Waals surface area contributed by atoms with Crippen LogP contribution in [-0.2, 0) is 17.8 Å². The number of aromatic nitrogens is 5. The quantitative estimate of drug-likeness (QED) is 0.542. The van der Waals surface area contributed by atoms with Gasteiger partial charge in [0.05, 0.1) is 11.1 Å². The van der Waals surface area contributed by atoms with Gasteiger partial charge in [-0.1, -0.05) is 17.4 Å². The zero-order valence-electron chi connectivity index (χ0n) is 18.2. The van der Waals surface area contributed by atoms with Crippen molar-refractivity contribution in [1.82, 2.24) is 25.2 Å². The first-order valence-electron chi connectivity index (χ1n) is 10.5. The molecule has 3 N–H and O–H groups in total. The van der Waals surface area contributed by atoms with Crippen molar-refractivity contribution in [3.8, 4) is 22.2 Å². The third kappa shape index (κ3) is 5.30. The van der Waals surface area contributed by atoms with E-state index >= 15 is 0 Å². The lowest BCUT2D eigenvalue weighted by Gasteiger charge is -2.44. The van der Waals surface area contributed by atoms with Crippen molar-refractivity contribution >= 4 is 22.4 Å². The number of carboxylic acids is 1. The van der Waals surface area contributed by atoms with Gasteiger partial charge in [0.15, 0.2) is 11.7 Å². The first-order valence-corrected chi connectivity index (χ1v) is 11.3. The minimum absolute atomic E-state index is 0. The van der Waals surface area contributed by atoms with E-state index in [4.69, 9.17) is 9.84 Å². The molecule has 1 aromatic carbocycles. The lowest BCUT2D eigenvalue weighted by atomic mass is 9.83. The molecule has 1 spiro atoms. The molecule has 1 saturated heterocycles. The Hall–Kier alpha value is -3.46. The number of thiazole rings is 1. The van der Waals surface area contributed by atoms with Gasteiger partial charge in [-0.15, -0.1) is 23.4 Å². The van der Waals surface area contributed by atoms with E-state index in [0.717, 1.165) is 9.93 Å². The summed E-state index contributed by atoms with van der Waals surface area (Å²) in [5.74, 6) is -0.523. The molecule has 2 aliphatic rings. The van der Waals surface area contributed by atoms with E-state index in [1.54, 1.807) is 12.3 Å². The Morgan fingerprint density at radius 2 is 2.03 bits per heavy atom. The molecule has 188 valence electrons. The minimum Gasteiger partial charge on any atom is -0.487 e. The van der Waals surface area contributed by atoms with Gasteiger partial charge in [-0.05, 0) is 30.2 Å². The number of hydrogen-bond donors (Lipinski definition) is 1. The van der Waals surface area contributed by atoms with E-state index in [0.29, 0.717) is 60.8 Å². The van der Waals surface area contributed by atoms with Gasteiger partial charge in [0, 0.05) is 31.5 Å². The number of ether oxygens (including phenoxy) is 2. The molecule has 0 saturated carbocycles. The zero-order chi connectivity index (χ0) is 23.9. The maximum Gasteiger partial charge on any atom is 0.573 e. The largest absolute Gasteiger partial charge is 0.573 e. The molecular weight excluding hydrogens is 493 g/mol. The van der Waals surface area contributed by atoms with Crippen LogP contribution in [-0.4, -0.2) is 66.8 Å². The third-order valence-corrected chi connectivity index (χ3v) is 6.92. The molecule has 0 bridgehead atoms. The van der Waals surface area contributed by atoms with Crippen molar-refractivity contribution in [2.45, 2.75) is 44.2 Å². The number of carboxylic acid groups (broad SMARTS) is 1. The molecular formula is C20H21F3N6O5S. The second kappa shape index (κ2) is 9.30. The Morgan fingerprint density at radius 3 is 2.74 bits per heavy atom. The van der Waals surface area contributed by atoms with E-state index in [1.807, 2.05) is 0 Å². The molecule has 5 rings (SSSR count). The Balaban J connectivity index is 0.00000289. The number of aliphatic carboxylic acids is 1. The van der Waals surface area contributed by atoms with Crippen LogP contribution in [0.5, 0.6) is 11.5 Å². The number of nitrogens with zero attached hydrogens (tertiary/aromatic N) is 6. The lowest BCUT2D eigenvalue weighted by Crippen LogP contribution is -2.49. The Bertz CT molecular complexity index is 1210. The van der Waals surface area contributed by atoms with Crippen molar-refractivity contribution in [3.05, 3.63) is 30.0 Å². The number of rotatable bonds is 5. The van der Waals surface area contributed by atoms with E-state index in [-0.39, 0.29) is 17.8 Å². The highest BCUT2D eigenvalue weighted by Crippen LogP contribution is 2.44. The molecule has 0 amide bonds. The highest BCUT2D eigenvalue weighted by Gasteiger charge is 2.42. The molecule has 2 aliphatic heterocycles. The van der Waals surface area contributed by atoms with Gasteiger partial charge in [0.1, 0.15) is 17.1 Å². The van der Waals surface area contributed by atoms with Crippen LogP contribution in [0.3, 0.4) is 0 Å². The standard InChI is InChI=1S/C20H19F3N6O4S.H2O/c21-20(22,23)33-14-3-1-2-13-12(14)4-5-19(32-13)6-8-28(9-7-19)18-24-10-15(34-18)17-25-27-29(26-17)11-16(30)31;/h1-3,10H,4-9,11H2,(H,30,31);1H2. The summed E-state index contributed by atoms with van der Waals surface area (Å²) in [7, 11) is 0. The number of piperidine rings is 1. The van der Waals surface area contributed by atoms with Crippen LogP contribution in [0.4, 0.5) is 18.3 Å². The van der Waals surface area contributed by atoms with Gasteiger partial charge in [0.2, 0.25) is 5.82 Å². The van der Waals surface area contributed by atoms with E-state index in [1.165, 1.54) is 23.5 Å². The van der Waals surface area contributed by atoms with Gasteiger partial charge in [-0.2, -0.15) is 4.80 Å². The fourth-order valence-corrected chi connectivity index (χ4v) is 5.14. The number of fused-ring (bicyclic) bond motifs is 1. The molecule has 11 nitrogen and oxygen atoms in total. The highest BCUT2D eigenvalue weighted by atomic mass is 32.1. The number of tetrazole rings is 1. The van der Waals surface area contributed by atoms with Crippen LogP contribution in [0, 0.1) is 0 Å². The summed E-state index contributed by atoms with van der Waals surface area (Å²) in [4.78, 5) is 19.0. The zero-order valence-corrected chi connectivity index (χ0v) is 19.0. The van der Waals surface area contributed by atoms with E-state index < -0.39 is 17.9 Å². The number of alkyl halides is 3. The highest BCUT2D eigenvalue weighted by molar-refractivity contribution is 7.18. The van der Waals surface area contributed by atoms with Crippen LogP contribution in [0.2, 0.25) is 0 Å². The van der Waals surface area contributed by atoms with E-state index in [9.17, 15) is 18.0 Å². The second-order valence-corrected chi connectivity index (χ2v) is 9.11. The van der Waals surface area contributed by atoms with Gasteiger partial charge >= 0.3 is 12.3 Å². The number of anilines is 1. The summed E-state index contributed by atoms with van der Waals surface area (Å²) >= 11 is 1.38. The minimum atomic E-state index is -4.75. The molecule has 3 aromatic rings. The van der Waals surface area contributed by atoms with Gasteiger partial charge in [0.25, 0.3) is 0 Å². The Kier molecular flexibility index (Phi) is 6.55. The number of carbonyl (C=O) groups is 1. The third-order valence-electron chi connectivity index (χ3n) is 5.86. The SMILES string of the molecule is O.O=C(O)Cn1nnc(-c2cnc(N3CCC4(CCc5c(OC(F)(F)F)cccc5O4)CC3)s2)n1. The van der Waals surface area contributed by atoms with Gasteiger partial charge in [-0.3, -0.25) is 4.79 Å². The van der Waals surface area contributed by atoms with Crippen molar-refractivity contribution in [1.29, 1.82) is 0 Å². The van der Waals surface area contributed by atoms with Crippen LogP contribution in [0.25, 0.3) is 10.7 Å². The first kappa shape index (κ1) is 24.7. The smallest absolute Gasteiger partial charge is 0.487 e. The fraction of sp³-hybridized carbons (Fsp3) is 0.450. The average molecular weight is 514 g/mol. The summed E-state index contributed by atoms with van der Waals surface area (Å²) in [6.07, 6.45) is -0.686. The molecule has 15 heteroatoms. The molecule has 0 atom stereocenters. The molecule has 0 aliphatic carbocycles. The first-order chi connectivity index (χ1) is 16.2. The maximum absolute atomic E-state index is 12.7. The Labute approximate surface area is 200 Å².